The summed E-state index contributed by atoms with van der Waals surface area (Å²) in [6.45, 7) is 4.12. The highest BCUT2D eigenvalue weighted by molar-refractivity contribution is 7.99. The summed E-state index contributed by atoms with van der Waals surface area (Å²) in [5.74, 6) is 4.03. The summed E-state index contributed by atoms with van der Waals surface area (Å²) in [4.78, 5) is 4.35. The van der Waals surface area contributed by atoms with E-state index in [9.17, 15) is 0 Å². The van der Waals surface area contributed by atoms with Crippen LogP contribution in [-0.2, 0) is 6.42 Å². The zero-order valence-corrected chi connectivity index (χ0v) is 10.7. The first-order chi connectivity index (χ1) is 7.79. The molecule has 1 aromatic heterocycles. The van der Waals surface area contributed by atoms with Gasteiger partial charge in [-0.05, 0) is 31.3 Å². The van der Waals surface area contributed by atoms with Gasteiger partial charge >= 0.3 is 0 Å². The van der Waals surface area contributed by atoms with Gasteiger partial charge < -0.3 is 9.84 Å². The number of hydrogen-bond acceptors (Lipinski definition) is 5. The predicted molar refractivity (Wildman–Crippen MR) is 65.6 cm³/mol. The van der Waals surface area contributed by atoms with E-state index in [-0.39, 0.29) is 6.04 Å². The van der Waals surface area contributed by atoms with Gasteiger partial charge in [0.25, 0.3) is 0 Å². The summed E-state index contributed by atoms with van der Waals surface area (Å²) in [5, 5.41) is 7.48. The first kappa shape index (κ1) is 11.9. The van der Waals surface area contributed by atoms with Crippen LogP contribution in [0.5, 0.6) is 0 Å². The van der Waals surface area contributed by atoms with E-state index in [1.54, 1.807) is 0 Å². The molecule has 1 aromatic rings. The minimum atomic E-state index is 0.167. The lowest BCUT2D eigenvalue weighted by Gasteiger charge is -2.24. The Morgan fingerprint density at radius 2 is 2.25 bits per heavy atom. The molecule has 2 heterocycles. The van der Waals surface area contributed by atoms with E-state index in [1.807, 2.05) is 18.7 Å². The Hall–Kier alpha value is -0.550. The second-order valence-corrected chi connectivity index (χ2v) is 5.40. The van der Waals surface area contributed by atoms with Crippen LogP contribution in [-0.4, -0.2) is 27.7 Å². The lowest BCUT2D eigenvalue weighted by atomic mass is 10.1. The monoisotopic (exact) mass is 241 g/mol. The molecule has 0 spiro atoms. The van der Waals surface area contributed by atoms with Crippen molar-refractivity contribution in [3.05, 3.63) is 11.7 Å². The quantitative estimate of drug-likeness (QED) is 0.875. The smallest absolute Gasteiger partial charge is 0.243 e. The zero-order chi connectivity index (χ0) is 11.4. The van der Waals surface area contributed by atoms with Gasteiger partial charge in [0.1, 0.15) is 0 Å². The standard InChI is InChI=1S/C11H19N3OS/c1-3-10-13-11(15-14-10)8(2)12-9-4-6-16-7-5-9/h8-9,12H,3-7H2,1-2H3/t8-/m0/s1. The maximum atomic E-state index is 5.23. The fourth-order valence-electron chi connectivity index (χ4n) is 1.88. The third kappa shape index (κ3) is 2.98. The minimum Gasteiger partial charge on any atom is -0.338 e. The van der Waals surface area contributed by atoms with E-state index in [2.05, 4.69) is 22.4 Å². The van der Waals surface area contributed by atoms with Crippen LogP contribution < -0.4 is 5.32 Å². The Morgan fingerprint density at radius 3 is 2.88 bits per heavy atom. The highest BCUT2D eigenvalue weighted by Gasteiger charge is 2.19. The van der Waals surface area contributed by atoms with Crippen LogP contribution in [0, 0.1) is 0 Å². The Kier molecular flexibility index (Phi) is 4.23. The van der Waals surface area contributed by atoms with Gasteiger partial charge in [0.2, 0.25) is 5.89 Å². The van der Waals surface area contributed by atoms with Gasteiger partial charge in [0.15, 0.2) is 5.82 Å². The molecule has 1 aliphatic rings. The SMILES string of the molecule is CCc1noc([C@H](C)NC2CCSCC2)n1. The number of aryl methyl sites for hydroxylation is 1. The number of aromatic nitrogens is 2. The Morgan fingerprint density at radius 1 is 1.50 bits per heavy atom. The molecule has 0 unspecified atom stereocenters. The van der Waals surface area contributed by atoms with Crippen LogP contribution in [0.25, 0.3) is 0 Å². The lowest BCUT2D eigenvalue weighted by molar-refractivity contribution is 0.315. The molecule has 1 saturated heterocycles. The molecule has 1 fully saturated rings. The molecule has 0 aliphatic carbocycles. The topological polar surface area (TPSA) is 51.0 Å². The normalized spacial score (nSPS) is 19.9. The van der Waals surface area contributed by atoms with Crippen molar-refractivity contribution >= 4 is 11.8 Å². The molecule has 1 aliphatic heterocycles. The van der Waals surface area contributed by atoms with Crippen molar-refractivity contribution in [1.29, 1.82) is 0 Å². The molecule has 1 atom stereocenters. The third-order valence-corrected chi connectivity index (χ3v) is 3.93. The number of hydrogen-bond donors (Lipinski definition) is 1. The average molecular weight is 241 g/mol. The van der Waals surface area contributed by atoms with E-state index in [0.29, 0.717) is 6.04 Å². The summed E-state index contributed by atoms with van der Waals surface area (Å²) < 4.78 is 5.23. The molecule has 0 bridgehead atoms. The number of nitrogens with one attached hydrogen (secondary N) is 1. The number of thioether (sulfide) groups is 1. The largest absolute Gasteiger partial charge is 0.338 e. The Balaban J connectivity index is 1.88. The fraction of sp³-hybridized carbons (Fsp3) is 0.818. The molecular formula is C11H19N3OS. The van der Waals surface area contributed by atoms with Gasteiger partial charge in [-0.1, -0.05) is 12.1 Å². The molecular weight excluding hydrogens is 222 g/mol. The summed E-state index contributed by atoms with van der Waals surface area (Å²) in [6, 6.07) is 0.772. The van der Waals surface area contributed by atoms with E-state index in [1.165, 1.54) is 24.3 Å². The number of nitrogens with zero attached hydrogens (tertiary/aromatic N) is 2. The summed E-state index contributed by atoms with van der Waals surface area (Å²) >= 11 is 2.04. The van der Waals surface area contributed by atoms with Gasteiger partial charge in [0, 0.05) is 12.5 Å². The molecule has 90 valence electrons. The molecule has 1 N–H and O–H groups in total. The van der Waals surface area contributed by atoms with Crippen molar-refractivity contribution in [1.82, 2.24) is 15.5 Å². The molecule has 5 heteroatoms. The maximum absolute atomic E-state index is 5.23. The van der Waals surface area contributed by atoms with Gasteiger partial charge in [-0.15, -0.1) is 0 Å². The summed E-state index contributed by atoms with van der Waals surface area (Å²) in [6.07, 6.45) is 3.31. The van der Waals surface area contributed by atoms with Crippen LogP contribution >= 0.6 is 11.8 Å². The van der Waals surface area contributed by atoms with Crippen LogP contribution in [0.15, 0.2) is 4.52 Å². The molecule has 0 saturated carbocycles. The van der Waals surface area contributed by atoms with Crippen molar-refractivity contribution in [3.8, 4) is 0 Å². The second kappa shape index (κ2) is 5.68. The van der Waals surface area contributed by atoms with Gasteiger partial charge in [0.05, 0.1) is 6.04 Å². The maximum Gasteiger partial charge on any atom is 0.243 e. The minimum absolute atomic E-state index is 0.167. The highest BCUT2D eigenvalue weighted by atomic mass is 32.2. The zero-order valence-electron chi connectivity index (χ0n) is 9.90. The van der Waals surface area contributed by atoms with Crippen molar-refractivity contribution in [2.75, 3.05) is 11.5 Å². The predicted octanol–water partition coefficient (Wildman–Crippen LogP) is 2.18. The molecule has 0 aromatic carbocycles. The molecule has 0 amide bonds. The molecule has 0 radical (unpaired) electrons. The third-order valence-electron chi connectivity index (χ3n) is 2.88. The van der Waals surface area contributed by atoms with Crippen LogP contribution in [0.2, 0.25) is 0 Å². The van der Waals surface area contributed by atoms with Crippen LogP contribution in [0.1, 0.15) is 44.4 Å². The van der Waals surface area contributed by atoms with Crippen molar-refractivity contribution in [3.63, 3.8) is 0 Å². The van der Waals surface area contributed by atoms with Crippen LogP contribution in [0.4, 0.5) is 0 Å². The van der Waals surface area contributed by atoms with E-state index in [0.717, 1.165) is 18.1 Å². The van der Waals surface area contributed by atoms with E-state index in [4.69, 9.17) is 4.52 Å². The highest BCUT2D eigenvalue weighted by Crippen LogP contribution is 2.20. The van der Waals surface area contributed by atoms with E-state index >= 15 is 0 Å². The molecule has 4 nitrogen and oxygen atoms in total. The first-order valence-corrected chi connectivity index (χ1v) is 7.11. The summed E-state index contributed by atoms with van der Waals surface area (Å²) in [7, 11) is 0. The lowest BCUT2D eigenvalue weighted by Crippen LogP contribution is -2.34. The van der Waals surface area contributed by atoms with Gasteiger partial charge in [-0.25, -0.2) is 0 Å². The van der Waals surface area contributed by atoms with Crippen molar-refractivity contribution in [2.45, 2.75) is 45.2 Å². The van der Waals surface area contributed by atoms with E-state index < -0.39 is 0 Å². The van der Waals surface area contributed by atoms with Gasteiger partial charge in [-0.2, -0.15) is 16.7 Å². The van der Waals surface area contributed by atoms with Crippen molar-refractivity contribution in [2.24, 2.45) is 0 Å². The van der Waals surface area contributed by atoms with Crippen molar-refractivity contribution < 1.29 is 4.52 Å². The second-order valence-electron chi connectivity index (χ2n) is 4.18. The first-order valence-electron chi connectivity index (χ1n) is 5.96. The van der Waals surface area contributed by atoms with Crippen LogP contribution in [0.3, 0.4) is 0 Å². The summed E-state index contributed by atoms with van der Waals surface area (Å²) in [5.41, 5.74) is 0. The molecule has 2 rings (SSSR count). The fourth-order valence-corrected chi connectivity index (χ4v) is 2.98. The Labute approximate surface area is 101 Å². The van der Waals surface area contributed by atoms with Gasteiger partial charge in [-0.3, -0.25) is 0 Å². The average Bonchev–Trinajstić information content (AvgIpc) is 2.79. The number of rotatable bonds is 4. The Bertz CT molecular complexity index is 323. The molecule has 16 heavy (non-hydrogen) atoms.